The van der Waals surface area contributed by atoms with Gasteiger partial charge < -0.3 is 8.83 Å². The minimum atomic E-state index is 0.558. The van der Waals surface area contributed by atoms with Crippen LogP contribution >= 0.6 is 0 Å². The predicted octanol–water partition coefficient (Wildman–Crippen LogP) is 12.0. The maximum Gasteiger partial charge on any atom is 0.167 e. The van der Waals surface area contributed by atoms with Gasteiger partial charge in [-0.05, 0) is 47.0 Å². The van der Waals surface area contributed by atoms with Crippen LogP contribution in [0.15, 0.2) is 173 Å². The third-order valence-corrected chi connectivity index (χ3v) is 9.36. The lowest BCUT2D eigenvalue weighted by Crippen LogP contribution is -2.00. The van der Waals surface area contributed by atoms with Gasteiger partial charge in [0.15, 0.2) is 17.5 Å². The minimum Gasteiger partial charge on any atom is -0.455 e. The summed E-state index contributed by atoms with van der Waals surface area (Å²) < 4.78 is 13.2. The summed E-state index contributed by atoms with van der Waals surface area (Å²) in [6, 6.07) is 55.7. The van der Waals surface area contributed by atoms with Crippen molar-refractivity contribution >= 4 is 43.9 Å². The molecule has 7 aromatic carbocycles. The molecular weight excluding hydrogens is 615 g/mol. The molecule has 0 unspecified atom stereocenters. The van der Waals surface area contributed by atoms with Crippen molar-refractivity contribution in [2.75, 3.05) is 0 Å². The molecular formula is C45H27N3O2. The number of benzene rings is 7. The van der Waals surface area contributed by atoms with Gasteiger partial charge in [0.25, 0.3) is 0 Å². The first-order valence-electron chi connectivity index (χ1n) is 16.6. The van der Waals surface area contributed by atoms with Crippen molar-refractivity contribution in [2.24, 2.45) is 0 Å². The highest BCUT2D eigenvalue weighted by molar-refractivity contribution is 6.17. The fraction of sp³-hybridized carbons (Fsp3) is 0. The van der Waals surface area contributed by atoms with Crippen molar-refractivity contribution in [1.82, 2.24) is 15.0 Å². The van der Waals surface area contributed by atoms with E-state index in [1.165, 1.54) is 0 Å². The Kier molecular flexibility index (Phi) is 6.42. The molecule has 0 radical (unpaired) electrons. The molecule has 0 aliphatic rings. The van der Waals surface area contributed by atoms with Crippen molar-refractivity contribution in [2.45, 2.75) is 0 Å². The van der Waals surface area contributed by atoms with Crippen LogP contribution in [0.2, 0.25) is 0 Å². The lowest BCUT2D eigenvalue weighted by atomic mass is 9.94. The second-order valence-corrected chi connectivity index (χ2v) is 12.4. The molecule has 0 N–H and O–H groups in total. The molecule has 10 aromatic rings. The van der Waals surface area contributed by atoms with E-state index < -0.39 is 0 Å². The summed E-state index contributed by atoms with van der Waals surface area (Å²) in [7, 11) is 0. The monoisotopic (exact) mass is 641 g/mol. The first-order valence-corrected chi connectivity index (χ1v) is 16.6. The van der Waals surface area contributed by atoms with E-state index in [-0.39, 0.29) is 0 Å². The third kappa shape index (κ3) is 4.60. The van der Waals surface area contributed by atoms with Crippen LogP contribution in [0.3, 0.4) is 0 Å². The van der Waals surface area contributed by atoms with Crippen molar-refractivity contribution in [3.8, 4) is 56.4 Å². The van der Waals surface area contributed by atoms with Crippen LogP contribution in [0.25, 0.3) is 100 Å². The van der Waals surface area contributed by atoms with E-state index in [4.69, 9.17) is 23.8 Å². The van der Waals surface area contributed by atoms with Gasteiger partial charge in [-0.1, -0.05) is 133 Å². The van der Waals surface area contributed by atoms with Crippen molar-refractivity contribution in [3.63, 3.8) is 0 Å². The van der Waals surface area contributed by atoms with Gasteiger partial charge in [-0.2, -0.15) is 0 Å². The summed E-state index contributed by atoms with van der Waals surface area (Å²) in [5.41, 5.74) is 10.3. The maximum absolute atomic E-state index is 6.61. The van der Waals surface area contributed by atoms with Gasteiger partial charge in [0.2, 0.25) is 0 Å². The largest absolute Gasteiger partial charge is 0.455 e. The summed E-state index contributed by atoms with van der Waals surface area (Å²) in [4.78, 5) is 14.8. The highest BCUT2D eigenvalue weighted by atomic mass is 16.3. The SMILES string of the molecule is c1ccc(-c2nc(-c3ccccc3)nc(-c3cccc4c3oc3ccc(-c5ccc(-c6ccccc6)c6c5oc5ccccc56)cc34)n2)cc1. The molecule has 50 heavy (non-hydrogen) atoms. The zero-order chi connectivity index (χ0) is 33.0. The average Bonchev–Trinajstić information content (AvgIpc) is 3.77. The van der Waals surface area contributed by atoms with Gasteiger partial charge in [0.1, 0.15) is 22.3 Å². The Morgan fingerprint density at radius 2 is 0.880 bits per heavy atom. The topological polar surface area (TPSA) is 65.0 Å². The Balaban J connectivity index is 1.16. The fourth-order valence-corrected chi connectivity index (χ4v) is 6.98. The molecule has 5 nitrogen and oxygen atoms in total. The molecule has 3 heterocycles. The van der Waals surface area contributed by atoms with Gasteiger partial charge >= 0.3 is 0 Å². The smallest absolute Gasteiger partial charge is 0.167 e. The normalized spacial score (nSPS) is 11.6. The molecule has 0 saturated carbocycles. The number of hydrogen-bond acceptors (Lipinski definition) is 5. The van der Waals surface area contributed by atoms with Gasteiger partial charge in [0, 0.05) is 38.2 Å². The van der Waals surface area contributed by atoms with Crippen LogP contribution in [-0.2, 0) is 0 Å². The van der Waals surface area contributed by atoms with Crippen LogP contribution in [0.4, 0.5) is 0 Å². The Morgan fingerprint density at radius 1 is 0.320 bits per heavy atom. The highest BCUT2D eigenvalue weighted by Crippen LogP contribution is 2.43. The molecule has 10 rings (SSSR count). The molecule has 0 aliphatic heterocycles. The van der Waals surface area contributed by atoms with E-state index in [1.807, 2.05) is 97.1 Å². The summed E-state index contributed by atoms with van der Waals surface area (Å²) in [6.07, 6.45) is 0. The first kappa shape index (κ1) is 28.2. The Labute approximate surface area is 287 Å². The molecule has 0 atom stereocenters. The third-order valence-electron chi connectivity index (χ3n) is 9.36. The Hall–Kier alpha value is -6.85. The predicted molar refractivity (Wildman–Crippen MR) is 202 cm³/mol. The standard InChI is InChI=1S/C45H27N3O2/c1-4-13-28(14-5-1)32-24-25-33(42-40(32)35-19-10-11-22-38(35)50-42)31-23-26-39-37(27-31)34-20-12-21-36(41(34)49-39)45-47-43(29-15-6-2-7-16-29)46-44(48-45)30-17-8-3-9-18-30/h1-27H. The van der Waals surface area contributed by atoms with Gasteiger partial charge in [0.05, 0.1) is 5.56 Å². The number of aromatic nitrogens is 3. The Bertz CT molecular complexity index is 2800. The average molecular weight is 642 g/mol. The summed E-state index contributed by atoms with van der Waals surface area (Å²) >= 11 is 0. The Morgan fingerprint density at radius 3 is 1.60 bits per heavy atom. The number of hydrogen-bond donors (Lipinski definition) is 0. The molecule has 0 bridgehead atoms. The first-order chi connectivity index (χ1) is 24.8. The quantitative estimate of drug-likeness (QED) is 0.187. The molecule has 5 heteroatoms. The molecule has 0 fully saturated rings. The summed E-state index contributed by atoms with van der Waals surface area (Å²) in [5.74, 6) is 1.78. The van der Waals surface area contributed by atoms with Crippen molar-refractivity contribution in [3.05, 3.63) is 164 Å². The lowest BCUT2D eigenvalue weighted by Gasteiger charge is -2.09. The molecule has 3 aromatic heterocycles. The van der Waals surface area contributed by atoms with E-state index in [1.54, 1.807) is 0 Å². The number of fused-ring (bicyclic) bond motifs is 6. The van der Waals surface area contributed by atoms with E-state index in [9.17, 15) is 0 Å². The van der Waals surface area contributed by atoms with Crippen molar-refractivity contribution in [1.29, 1.82) is 0 Å². The molecule has 0 saturated heterocycles. The van der Waals surface area contributed by atoms with Crippen LogP contribution in [0.5, 0.6) is 0 Å². The van der Waals surface area contributed by atoms with Crippen LogP contribution in [0, 0.1) is 0 Å². The van der Waals surface area contributed by atoms with E-state index in [0.717, 1.165) is 82.8 Å². The van der Waals surface area contributed by atoms with Gasteiger partial charge in [-0.3, -0.25) is 0 Å². The zero-order valence-corrected chi connectivity index (χ0v) is 26.7. The molecule has 0 spiro atoms. The van der Waals surface area contributed by atoms with Crippen LogP contribution < -0.4 is 0 Å². The second kappa shape index (κ2) is 11.4. The van der Waals surface area contributed by atoms with Crippen LogP contribution in [-0.4, -0.2) is 15.0 Å². The van der Waals surface area contributed by atoms with Crippen molar-refractivity contribution < 1.29 is 8.83 Å². The fourth-order valence-electron chi connectivity index (χ4n) is 6.98. The van der Waals surface area contributed by atoms with Gasteiger partial charge in [-0.15, -0.1) is 0 Å². The summed E-state index contributed by atoms with van der Waals surface area (Å²) in [6.45, 7) is 0. The maximum atomic E-state index is 6.61. The molecule has 234 valence electrons. The number of para-hydroxylation sites is 2. The highest BCUT2D eigenvalue weighted by Gasteiger charge is 2.20. The van der Waals surface area contributed by atoms with E-state index in [2.05, 4.69) is 66.7 Å². The molecule has 0 aliphatic carbocycles. The number of furan rings is 2. The number of rotatable bonds is 5. The summed E-state index contributed by atoms with van der Waals surface area (Å²) in [5, 5.41) is 4.21. The van der Waals surface area contributed by atoms with Crippen LogP contribution in [0.1, 0.15) is 0 Å². The second-order valence-electron chi connectivity index (χ2n) is 12.4. The molecule has 0 amide bonds. The van der Waals surface area contributed by atoms with E-state index >= 15 is 0 Å². The number of nitrogens with zero attached hydrogens (tertiary/aromatic N) is 3. The van der Waals surface area contributed by atoms with Gasteiger partial charge in [-0.25, -0.2) is 15.0 Å². The van der Waals surface area contributed by atoms with E-state index in [0.29, 0.717) is 17.5 Å². The zero-order valence-electron chi connectivity index (χ0n) is 26.7. The minimum absolute atomic E-state index is 0.558. The lowest BCUT2D eigenvalue weighted by molar-refractivity contribution is 0.668.